The molecule has 0 spiro atoms. The molecule has 0 unspecified atom stereocenters. The van der Waals surface area contributed by atoms with Gasteiger partial charge in [0.25, 0.3) is 11.6 Å². The van der Waals surface area contributed by atoms with Crippen LogP contribution in [0.25, 0.3) is 16.8 Å². The molecule has 0 atom stereocenters. The molecule has 0 saturated carbocycles. The van der Waals surface area contributed by atoms with Crippen LogP contribution in [0.3, 0.4) is 0 Å². The number of thiophene rings is 1. The molecular weight excluding hydrogens is 382 g/mol. The summed E-state index contributed by atoms with van der Waals surface area (Å²) in [5.74, 6) is -0.0579. The van der Waals surface area contributed by atoms with E-state index in [0.717, 1.165) is 11.0 Å². The Morgan fingerprint density at radius 2 is 2.27 bits per heavy atom. The zero-order valence-corrected chi connectivity index (χ0v) is 14.6. The Kier molecular flexibility index (Phi) is 5.40. The number of nitro groups is 1. The molecule has 0 fully saturated rings. The molecule has 0 amide bonds. The maximum atomic E-state index is 11.8. The van der Waals surface area contributed by atoms with Crippen LogP contribution in [0.15, 0.2) is 46.3 Å². The van der Waals surface area contributed by atoms with Gasteiger partial charge in [0.05, 0.1) is 9.80 Å². The van der Waals surface area contributed by atoms with Gasteiger partial charge >= 0.3 is 5.97 Å². The van der Waals surface area contributed by atoms with Crippen molar-refractivity contribution in [2.45, 2.75) is 6.61 Å². The van der Waals surface area contributed by atoms with Crippen LogP contribution in [0.2, 0.25) is 5.02 Å². The van der Waals surface area contributed by atoms with Gasteiger partial charge in [-0.05, 0) is 29.2 Å². The molecule has 0 radical (unpaired) electrons. The van der Waals surface area contributed by atoms with Crippen LogP contribution in [0, 0.1) is 10.1 Å². The van der Waals surface area contributed by atoms with E-state index in [0.29, 0.717) is 11.5 Å². The first-order chi connectivity index (χ1) is 12.5. The standard InChI is InChI=1S/C16H10ClN3O5S/c17-11-5-3-10(8-12(11)20(22)23)4-6-15(21)24-9-14-18-16(25-19-14)13-2-1-7-26-13/h1-8H,9H2/b6-4+. The lowest BCUT2D eigenvalue weighted by Crippen LogP contribution is -2.02. The molecule has 0 aliphatic heterocycles. The van der Waals surface area contributed by atoms with Gasteiger partial charge < -0.3 is 9.26 Å². The molecule has 1 aromatic carbocycles. The summed E-state index contributed by atoms with van der Waals surface area (Å²) in [7, 11) is 0. The highest BCUT2D eigenvalue weighted by atomic mass is 35.5. The summed E-state index contributed by atoms with van der Waals surface area (Å²) in [6, 6.07) is 7.89. The van der Waals surface area contributed by atoms with Crippen LogP contribution in [0.1, 0.15) is 11.4 Å². The SMILES string of the molecule is O=C(/C=C/c1ccc(Cl)c([N+](=O)[O-])c1)OCc1noc(-c2cccs2)n1. The summed E-state index contributed by atoms with van der Waals surface area (Å²) in [4.78, 5) is 26.9. The van der Waals surface area contributed by atoms with Crippen molar-refractivity contribution in [3.63, 3.8) is 0 Å². The number of nitro benzene ring substituents is 1. The number of esters is 1. The van der Waals surface area contributed by atoms with Crippen molar-refractivity contribution in [2.75, 3.05) is 0 Å². The quantitative estimate of drug-likeness (QED) is 0.269. The van der Waals surface area contributed by atoms with Crippen molar-refractivity contribution in [1.29, 1.82) is 0 Å². The highest BCUT2D eigenvalue weighted by Gasteiger charge is 2.13. The average Bonchev–Trinajstić information content (AvgIpc) is 3.30. The summed E-state index contributed by atoms with van der Waals surface area (Å²) < 4.78 is 10.1. The van der Waals surface area contributed by atoms with Gasteiger partial charge in [-0.2, -0.15) is 4.98 Å². The van der Waals surface area contributed by atoms with Crippen LogP contribution >= 0.6 is 22.9 Å². The highest BCUT2D eigenvalue weighted by molar-refractivity contribution is 7.13. The Morgan fingerprint density at radius 3 is 3.00 bits per heavy atom. The second-order valence-corrected chi connectivity index (χ2v) is 6.26. The summed E-state index contributed by atoms with van der Waals surface area (Å²) in [6.07, 6.45) is 2.53. The van der Waals surface area contributed by atoms with E-state index in [1.165, 1.54) is 29.5 Å². The van der Waals surface area contributed by atoms with Crippen molar-refractivity contribution in [1.82, 2.24) is 10.1 Å². The Hall–Kier alpha value is -3.04. The van der Waals surface area contributed by atoms with Gasteiger partial charge in [0, 0.05) is 12.1 Å². The number of nitrogens with zero attached hydrogens (tertiary/aromatic N) is 3. The minimum absolute atomic E-state index is 0.0216. The van der Waals surface area contributed by atoms with E-state index in [1.807, 2.05) is 17.5 Å². The third-order valence-electron chi connectivity index (χ3n) is 3.12. The molecule has 26 heavy (non-hydrogen) atoms. The summed E-state index contributed by atoms with van der Waals surface area (Å²) in [5.41, 5.74) is 0.202. The predicted octanol–water partition coefficient (Wildman–Crippen LogP) is 4.12. The first-order valence-electron chi connectivity index (χ1n) is 7.18. The molecule has 10 heteroatoms. The summed E-state index contributed by atoms with van der Waals surface area (Å²) in [6.45, 7) is -0.154. The molecule has 3 rings (SSSR count). The lowest BCUT2D eigenvalue weighted by Gasteiger charge is -1.98. The molecule has 0 aliphatic carbocycles. The smallest absolute Gasteiger partial charge is 0.331 e. The number of benzene rings is 1. The molecule has 8 nitrogen and oxygen atoms in total. The molecule has 2 aromatic heterocycles. The van der Waals surface area contributed by atoms with Gasteiger partial charge in [0.15, 0.2) is 6.61 Å². The fourth-order valence-corrected chi connectivity index (χ4v) is 2.77. The third kappa shape index (κ3) is 4.32. The second-order valence-electron chi connectivity index (χ2n) is 4.90. The molecule has 3 aromatic rings. The van der Waals surface area contributed by atoms with E-state index in [2.05, 4.69) is 10.1 Å². The van der Waals surface area contributed by atoms with Gasteiger partial charge in [0.1, 0.15) is 5.02 Å². The van der Waals surface area contributed by atoms with E-state index < -0.39 is 10.9 Å². The molecule has 0 N–H and O–H groups in total. The Balaban J connectivity index is 1.58. The van der Waals surface area contributed by atoms with Gasteiger partial charge in [-0.3, -0.25) is 10.1 Å². The van der Waals surface area contributed by atoms with E-state index in [4.69, 9.17) is 20.9 Å². The summed E-state index contributed by atoms with van der Waals surface area (Å²) >= 11 is 7.18. The zero-order valence-electron chi connectivity index (χ0n) is 13.0. The number of rotatable bonds is 6. The summed E-state index contributed by atoms with van der Waals surface area (Å²) in [5, 5.41) is 16.5. The number of carbonyl (C=O) groups excluding carboxylic acids is 1. The first kappa shape index (κ1) is 17.8. The van der Waals surface area contributed by atoms with Gasteiger partial charge in [-0.25, -0.2) is 4.79 Å². The Labute approximate surface area is 155 Å². The fourth-order valence-electron chi connectivity index (χ4n) is 1.93. The molecule has 0 saturated heterocycles. The van der Waals surface area contributed by atoms with Crippen LogP contribution in [-0.4, -0.2) is 21.0 Å². The second kappa shape index (κ2) is 7.89. The van der Waals surface area contributed by atoms with Crippen LogP contribution in [0.5, 0.6) is 0 Å². The van der Waals surface area contributed by atoms with E-state index >= 15 is 0 Å². The monoisotopic (exact) mass is 391 g/mol. The fraction of sp³-hybridized carbons (Fsp3) is 0.0625. The molecule has 0 bridgehead atoms. The van der Waals surface area contributed by atoms with E-state index in [1.54, 1.807) is 6.07 Å². The normalized spacial score (nSPS) is 11.0. The average molecular weight is 392 g/mol. The van der Waals surface area contributed by atoms with Crippen molar-refractivity contribution >= 4 is 40.7 Å². The van der Waals surface area contributed by atoms with E-state index in [9.17, 15) is 14.9 Å². The molecular formula is C16H10ClN3O5S. The largest absolute Gasteiger partial charge is 0.454 e. The van der Waals surface area contributed by atoms with Crippen LogP contribution in [0.4, 0.5) is 5.69 Å². The van der Waals surface area contributed by atoms with Gasteiger partial charge in [-0.1, -0.05) is 28.9 Å². The topological polar surface area (TPSA) is 108 Å². The molecule has 132 valence electrons. The highest BCUT2D eigenvalue weighted by Crippen LogP contribution is 2.25. The lowest BCUT2D eigenvalue weighted by atomic mass is 10.2. The number of aromatic nitrogens is 2. The predicted molar refractivity (Wildman–Crippen MR) is 94.5 cm³/mol. The van der Waals surface area contributed by atoms with Crippen molar-refractivity contribution in [2.24, 2.45) is 0 Å². The number of hydrogen-bond acceptors (Lipinski definition) is 8. The van der Waals surface area contributed by atoms with Crippen LogP contribution in [-0.2, 0) is 16.1 Å². The zero-order chi connectivity index (χ0) is 18.5. The Morgan fingerprint density at radius 1 is 1.42 bits per heavy atom. The lowest BCUT2D eigenvalue weighted by molar-refractivity contribution is -0.384. The van der Waals surface area contributed by atoms with Crippen molar-refractivity contribution < 1.29 is 19.0 Å². The minimum atomic E-state index is -0.648. The number of carbonyl (C=O) groups is 1. The van der Waals surface area contributed by atoms with Crippen LogP contribution < -0.4 is 0 Å². The molecule has 2 heterocycles. The Bertz CT molecular complexity index is 968. The maximum absolute atomic E-state index is 11.8. The first-order valence-corrected chi connectivity index (χ1v) is 8.44. The number of halogens is 1. The number of hydrogen-bond donors (Lipinski definition) is 0. The van der Waals surface area contributed by atoms with Gasteiger partial charge in [-0.15, -0.1) is 11.3 Å². The minimum Gasteiger partial charge on any atom is -0.454 e. The van der Waals surface area contributed by atoms with Crippen molar-refractivity contribution in [3.8, 4) is 10.8 Å². The maximum Gasteiger partial charge on any atom is 0.331 e. The van der Waals surface area contributed by atoms with Crippen molar-refractivity contribution in [3.05, 3.63) is 68.3 Å². The molecule has 0 aliphatic rings. The van der Waals surface area contributed by atoms with E-state index in [-0.39, 0.29) is 23.1 Å². The number of ether oxygens (including phenoxy) is 1. The van der Waals surface area contributed by atoms with Gasteiger partial charge in [0.2, 0.25) is 5.82 Å². The third-order valence-corrected chi connectivity index (χ3v) is 4.30.